The Morgan fingerprint density at radius 3 is 2.45 bits per heavy atom. The van der Waals surface area contributed by atoms with Crippen LogP contribution in [0.2, 0.25) is 0 Å². The summed E-state index contributed by atoms with van der Waals surface area (Å²) in [5.41, 5.74) is -0.319. The molecule has 0 saturated heterocycles. The molecule has 0 N–H and O–H groups in total. The molecule has 0 aliphatic carbocycles. The first kappa shape index (κ1) is 21.4. The molecule has 3 rings (SSSR count). The maximum atomic E-state index is 12.8. The zero-order valence-electron chi connectivity index (χ0n) is 16.6. The van der Waals surface area contributed by atoms with Crippen molar-refractivity contribution >= 4 is 28.7 Å². The van der Waals surface area contributed by atoms with Crippen molar-refractivity contribution in [1.29, 1.82) is 0 Å². The average molecular weight is 427 g/mol. The van der Waals surface area contributed by atoms with Crippen molar-refractivity contribution in [3.8, 4) is 5.75 Å². The first-order valence-corrected chi connectivity index (χ1v) is 9.04. The van der Waals surface area contributed by atoms with Gasteiger partial charge in [0.2, 0.25) is 5.52 Å². The molecule has 2 aromatic carbocycles. The number of carbonyl (C=O) groups excluding carboxylic acids is 2. The van der Waals surface area contributed by atoms with E-state index in [0.717, 1.165) is 19.2 Å². The number of hydrogen-bond donors (Lipinski definition) is 0. The molecule has 0 atom stereocenters. The van der Waals surface area contributed by atoms with Gasteiger partial charge < -0.3 is 19.4 Å². The van der Waals surface area contributed by atoms with Gasteiger partial charge in [-0.05, 0) is 31.2 Å². The fourth-order valence-corrected chi connectivity index (χ4v) is 2.79. The van der Waals surface area contributed by atoms with E-state index in [2.05, 4.69) is 9.72 Å². The molecule has 160 valence electrons. The number of benzene rings is 2. The lowest BCUT2D eigenvalue weighted by Crippen LogP contribution is -2.38. The monoisotopic (exact) mass is 427 g/mol. The van der Waals surface area contributed by atoms with Crippen molar-refractivity contribution < 1.29 is 33.5 Å². The number of rotatable bonds is 7. The molecule has 1 aromatic heterocycles. The van der Waals surface area contributed by atoms with Crippen LogP contribution in [0, 0.1) is 15.3 Å². The van der Waals surface area contributed by atoms with Crippen LogP contribution in [-0.4, -0.2) is 35.6 Å². The van der Waals surface area contributed by atoms with Crippen molar-refractivity contribution in [2.24, 2.45) is 0 Å². The molecule has 0 saturated carbocycles. The Morgan fingerprint density at radius 2 is 1.84 bits per heavy atom. The van der Waals surface area contributed by atoms with Gasteiger partial charge in [-0.1, -0.05) is 0 Å². The summed E-state index contributed by atoms with van der Waals surface area (Å²) in [4.78, 5) is 38.9. The van der Waals surface area contributed by atoms with E-state index in [1.807, 2.05) is 0 Å². The van der Waals surface area contributed by atoms with E-state index in [-0.39, 0.29) is 28.0 Å². The van der Waals surface area contributed by atoms with Crippen LogP contribution in [0.4, 0.5) is 5.69 Å². The predicted octanol–water partition coefficient (Wildman–Crippen LogP) is 2.32. The van der Waals surface area contributed by atoms with Crippen LogP contribution < -0.4 is 9.47 Å². The van der Waals surface area contributed by atoms with Crippen molar-refractivity contribution in [1.82, 2.24) is 4.98 Å². The highest BCUT2D eigenvalue weighted by atomic mass is 16.6. The fourth-order valence-electron chi connectivity index (χ4n) is 2.79. The molecule has 0 aliphatic heterocycles. The smallest absolute Gasteiger partial charge is 0.406 e. The SMILES string of the molecule is CCOc1ccc2nc(COC(=O)c3ccc([N+](=O)[O-])cc3)c(C(=O)OC)[n+]([O-])c2c1. The largest absolute Gasteiger partial charge is 0.618 e. The van der Waals surface area contributed by atoms with Gasteiger partial charge in [0.05, 0.1) is 30.3 Å². The van der Waals surface area contributed by atoms with Crippen LogP contribution in [0.15, 0.2) is 42.5 Å². The second-order valence-corrected chi connectivity index (χ2v) is 6.16. The highest BCUT2D eigenvalue weighted by Gasteiger charge is 2.28. The van der Waals surface area contributed by atoms with Crippen LogP contribution >= 0.6 is 0 Å². The van der Waals surface area contributed by atoms with Crippen LogP contribution in [-0.2, 0) is 16.1 Å². The summed E-state index contributed by atoms with van der Waals surface area (Å²) in [5.74, 6) is -1.33. The number of nitro groups is 1. The topological polar surface area (TPSA) is 145 Å². The third-order valence-corrected chi connectivity index (χ3v) is 4.24. The van der Waals surface area contributed by atoms with Gasteiger partial charge in [-0.15, -0.1) is 0 Å². The molecular weight excluding hydrogens is 410 g/mol. The van der Waals surface area contributed by atoms with E-state index < -0.39 is 29.2 Å². The minimum absolute atomic E-state index is 0.0577. The number of esters is 2. The maximum absolute atomic E-state index is 12.8. The van der Waals surface area contributed by atoms with Gasteiger partial charge >= 0.3 is 17.6 Å². The molecule has 1 heterocycles. The zero-order chi connectivity index (χ0) is 22.5. The number of nitro benzene ring substituents is 1. The van der Waals surface area contributed by atoms with E-state index in [1.54, 1.807) is 13.0 Å². The van der Waals surface area contributed by atoms with Crippen LogP contribution in [0.25, 0.3) is 11.0 Å². The molecule has 0 radical (unpaired) electrons. The number of aromatic nitrogens is 2. The molecule has 3 aromatic rings. The molecule has 0 spiro atoms. The van der Waals surface area contributed by atoms with Gasteiger partial charge in [0.1, 0.15) is 17.9 Å². The molecule has 0 unspecified atom stereocenters. The van der Waals surface area contributed by atoms with E-state index in [0.29, 0.717) is 17.1 Å². The third-order valence-electron chi connectivity index (χ3n) is 4.24. The van der Waals surface area contributed by atoms with Gasteiger partial charge in [0.25, 0.3) is 5.69 Å². The summed E-state index contributed by atoms with van der Waals surface area (Å²) in [7, 11) is 1.11. The van der Waals surface area contributed by atoms with Crippen molar-refractivity contribution in [2.45, 2.75) is 13.5 Å². The average Bonchev–Trinajstić information content (AvgIpc) is 2.77. The van der Waals surface area contributed by atoms with E-state index >= 15 is 0 Å². The first-order valence-electron chi connectivity index (χ1n) is 9.04. The van der Waals surface area contributed by atoms with Gasteiger partial charge in [0.15, 0.2) is 5.69 Å². The maximum Gasteiger partial charge on any atom is 0.406 e. The Kier molecular flexibility index (Phi) is 6.24. The molecule has 11 nitrogen and oxygen atoms in total. The highest BCUT2D eigenvalue weighted by molar-refractivity contribution is 5.90. The fraction of sp³-hybridized carbons (Fsp3) is 0.200. The third kappa shape index (κ3) is 4.50. The molecule has 0 fully saturated rings. The van der Waals surface area contributed by atoms with Crippen LogP contribution in [0.3, 0.4) is 0 Å². The summed E-state index contributed by atoms with van der Waals surface area (Å²) < 4.78 is 15.6. The zero-order valence-corrected chi connectivity index (χ0v) is 16.6. The molecule has 0 bridgehead atoms. The van der Waals surface area contributed by atoms with Crippen molar-refractivity contribution in [3.63, 3.8) is 0 Å². The summed E-state index contributed by atoms with van der Waals surface area (Å²) in [6.45, 7) is 1.68. The van der Waals surface area contributed by atoms with Crippen LogP contribution in [0.5, 0.6) is 5.75 Å². The lowest BCUT2D eigenvalue weighted by molar-refractivity contribution is -0.581. The number of hydrogen-bond acceptors (Lipinski definition) is 9. The quantitative estimate of drug-likeness (QED) is 0.182. The second kappa shape index (κ2) is 9.03. The number of methoxy groups -OCH3 is 1. The predicted molar refractivity (Wildman–Crippen MR) is 105 cm³/mol. The number of carbonyl (C=O) groups is 2. The van der Waals surface area contributed by atoms with Crippen LogP contribution in [0.1, 0.15) is 33.5 Å². The minimum Gasteiger partial charge on any atom is -0.618 e. The van der Waals surface area contributed by atoms with Gasteiger partial charge in [-0.25, -0.2) is 14.6 Å². The molecule has 0 amide bonds. The number of ether oxygens (including phenoxy) is 3. The normalized spacial score (nSPS) is 10.5. The Hall–Kier alpha value is -4.28. The highest BCUT2D eigenvalue weighted by Crippen LogP contribution is 2.20. The molecule has 0 aliphatic rings. The van der Waals surface area contributed by atoms with Gasteiger partial charge in [-0.2, -0.15) is 4.73 Å². The summed E-state index contributed by atoms with van der Waals surface area (Å²) >= 11 is 0. The van der Waals surface area contributed by atoms with Crippen molar-refractivity contribution in [3.05, 3.63) is 74.7 Å². The summed E-state index contributed by atoms with van der Waals surface area (Å²) in [6.07, 6.45) is 0. The second-order valence-electron chi connectivity index (χ2n) is 6.16. The number of fused-ring (bicyclic) bond motifs is 1. The van der Waals surface area contributed by atoms with Gasteiger partial charge in [-0.3, -0.25) is 10.1 Å². The van der Waals surface area contributed by atoms with E-state index in [1.165, 1.54) is 24.3 Å². The van der Waals surface area contributed by atoms with Crippen molar-refractivity contribution in [2.75, 3.05) is 13.7 Å². The lowest BCUT2D eigenvalue weighted by Gasteiger charge is -2.12. The Balaban J connectivity index is 1.92. The lowest BCUT2D eigenvalue weighted by atomic mass is 10.2. The first-order chi connectivity index (χ1) is 14.8. The van der Waals surface area contributed by atoms with E-state index in [9.17, 15) is 24.9 Å². The standard InChI is InChI=1S/C20H17N3O8/c1-3-30-14-8-9-15-17(10-14)22(26)18(20(25)29-2)16(21-15)11-31-19(24)12-4-6-13(7-5-12)23(27)28/h4-10H,3,11H2,1-2H3. The Bertz CT molecular complexity index is 1160. The molecular formula is C20H17N3O8. The van der Waals surface area contributed by atoms with Gasteiger partial charge in [0, 0.05) is 12.1 Å². The summed E-state index contributed by atoms with van der Waals surface area (Å²) in [6, 6.07) is 9.38. The molecule has 31 heavy (non-hydrogen) atoms. The summed E-state index contributed by atoms with van der Waals surface area (Å²) in [5, 5.41) is 23.6. The minimum atomic E-state index is -0.951. The molecule has 11 heteroatoms. The number of nitrogens with zero attached hydrogens (tertiary/aromatic N) is 3. The number of non-ortho nitro benzene ring substituents is 1. The Morgan fingerprint density at radius 1 is 1.13 bits per heavy atom. The van der Waals surface area contributed by atoms with E-state index in [4.69, 9.17) is 9.47 Å². The Labute approximate surface area is 175 Å².